The number of aliphatic carboxylic acids is 1. The maximum absolute atomic E-state index is 11.4. The van der Waals surface area contributed by atoms with Crippen molar-refractivity contribution in [3.63, 3.8) is 0 Å². The minimum Gasteiger partial charge on any atom is -0.480 e. The Morgan fingerprint density at radius 1 is 1.09 bits per heavy atom. The lowest BCUT2D eigenvalue weighted by molar-refractivity contribution is -0.139. The van der Waals surface area contributed by atoms with Gasteiger partial charge in [0, 0.05) is 23.0 Å². The molecule has 0 spiro atoms. The molecular formula is C18H18N2O2. The molecule has 0 radical (unpaired) electrons. The van der Waals surface area contributed by atoms with Gasteiger partial charge in [-0.1, -0.05) is 48.5 Å². The summed E-state index contributed by atoms with van der Waals surface area (Å²) in [6.45, 7) is 0. The number of carboxylic acids is 1. The molecule has 4 heteroatoms. The van der Waals surface area contributed by atoms with Gasteiger partial charge in [-0.2, -0.15) is 0 Å². The summed E-state index contributed by atoms with van der Waals surface area (Å²) >= 11 is 0. The Hall–Kier alpha value is -2.59. The summed E-state index contributed by atoms with van der Waals surface area (Å²) in [6.07, 6.45) is 2.47. The van der Waals surface area contributed by atoms with Gasteiger partial charge in [-0.05, 0) is 23.6 Å². The lowest BCUT2D eigenvalue weighted by Gasteiger charge is -2.21. The van der Waals surface area contributed by atoms with Crippen molar-refractivity contribution in [1.82, 2.24) is 4.98 Å². The fourth-order valence-corrected chi connectivity index (χ4v) is 2.87. The van der Waals surface area contributed by atoms with Crippen LogP contribution < -0.4 is 5.73 Å². The number of aromatic nitrogens is 1. The SMILES string of the molecule is NC(C(=O)O)C(Cc1ccccc1)c1c[nH]c2ccccc12. The Kier molecular flexibility index (Phi) is 3.94. The molecule has 22 heavy (non-hydrogen) atoms. The molecule has 1 heterocycles. The number of aromatic amines is 1. The van der Waals surface area contributed by atoms with E-state index < -0.39 is 12.0 Å². The quantitative estimate of drug-likeness (QED) is 0.677. The zero-order chi connectivity index (χ0) is 15.5. The molecule has 4 N–H and O–H groups in total. The first-order chi connectivity index (χ1) is 10.7. The van der Waals surface area contributed by atoms with Crippen molar-refractivity contribution in [1.29, 1.82) is 0 Å². The number of nitrogens with one attached hydrogen (secondary N) is 1. The largest absolute Gasteiger partial charge is 0.480 e. The topological polar surface area (TPSA) is 79.1 Å². The minimum absolute atomic E-state index is 0.281. The molecule has 0 fully saturated rings. The Bertz CT molecular complexity index is 780. The van der Waals surface area contributed by atoms with Crippen molar-refractivity contribution < 1.29 is 9.90 Å². The predicted octanol–water partition coefficient (Wildman–Crippen LogP) is 2.91. The van der Waals surface area contributed by atoms with Crippen LogP contribution in [0.5, 0.6) is 0 Å². The van der Waals surface area contributed by atoms with E-state index in [1.54, 1.807) is 0 Å². The molecule has 0 amide bonds. The van der Waals surface area contributed by atoms with Crippen LogP contribution in [-0.2, 0) is 11.2 Å². The van der Waals surface area contributed by atoms with Crippen LogP contribution in [0.1, 0.15) is 17.0 Å². The van der Waals surface area contributed by atoms with Crippen molar-refractivity contribution in [2.24, 2.45) is 5.73 Å². The van der Waals surface area contributed by atoms with Crippen LogP contribution in [0, 0.1) is 0 Å². The van der Waals surface area contributed by atoms with Gasteiger partial charge in [0.25, 0.3) is 0 Å². The molecule has 1 aromatic heterocycles. The average Bonchev–Trinajstić information content (AvgIpc) is 2.97. The molecule has 2 atom stereocenters. The molecule has 3 aromatic rings. The molecule has 0 aliphatic heterocycles. The van der Waals surface area contributed by atoms with Gasteiger partial charge in [-0.3, -0.25) is 4.79 Å². The van der Waals surface area contributed by atoms with E-state index in [2.05, 4.69) is 4.98 Å². The molecule has 0 saturated heterocycles. The summed E-state index contributed by atoms with van der Waals surface area (Å²) in [7, 11) is 0. The van der Waals surface area contributed by atoms with Gasteiger partial charge in [-0.15, -0.1) is 0 Å². The van der Waals surface area contributed by atoms with E-state index in [9.17, 15) is 9.90 Å². The number of carboxylic acid groups (broad SMARTS) is 1. The molecule has 112 valence electrons. The van der Waals surface area contributed by atoms with Gasteiger partial charge in [0.15, 0.2) is 0 Å². The predicted molar refractivity (Wildman–Crippen MR) is 86.8 cm³/mol. The molecule has 0 saturated carbocycles. The van der Waals surface area contributed by atoms with Gasteiger partial charge < -0.3 is 15.8 Å². The van der Waals surface area contributed by atoms with Crippen molar-refractivity contribution in [3.8, 4) is 0 Å². The summed E-state index contributed by atoms with van der Waals surface area (Å²) in [4.78, 5) is 14.6. The van der Waals surface area contributed by atoms with Crippen LogP contribution in [0.25, 0.3) is 10.9 Å². The highest BCUT2D eigenvalue weighted by Gasteiger charge is 2.28. The van der Waals surface area contributed by atoms with Crippen LogP contribution in [0.3, 0.4) is 0 Å². The number of nitrogens with two attached hydrogens (primary N) is 1. The Labute approximate surface area is 128 Å². The number of H-pyrrole nitrogens is 1. The second-order valence-electron chi connectivity index (χ2n) is 5.45. The molecule has 0 bridgehead atoms. The number of rotatable bonds is 5. The van der Waals surface area contributed by atoms with Gasteiger partial charge in [-0.25, -0.2) is 0 Å². The van der Waals surface area contributed by atoms with Gasteiger partial charge in [0.2, 0.25) is 0 Å². The van der Waals surface area contributed by atoms with E-state index >= 15 is 0 Å². The van der Waals surface area contributed by atoms with E-state index in [1.165, 1.54) is 0 Å². The molecular weight excluding hydrogens is 276 g/mol. The molecule has 2 unspecified atom stereocenters. The number of hydrogen-bond acceptors (Lipinski definition) is 2. The van der Waals surface area contributed by atoms with E-state index in [-0.39, 0.29) is 5.92 Å². The van der Waals surface area contributed by atoms with E-state index in [0.717, 1.165) is 22.0 Å². The first-order valence-electron chi connectivity index (χ1n) is 7.25. The van der Waals surface area contributed by atoms with E-state index in [4.69, 9.17) is 5.73 Å². The molecule has 3 rings (SSSR count). The number of para-hydroxylation sites is 1. The maximum atomic E-state index is 11.4. The highest BCUT2D eigenvalue weighted by Crippen LogP contribution is 2.30. The lowest BCUT2D eigenvalue weighted by Crippen LogP contribution is -2.37. The third-order valence-corrected chi connectivity index (χ3v) is 4.04. The van der Waals surface area contributed by atoms with Crippen LogP contribution in [0.4, 0.5) is 0 Å². The Balaban J connectivity index is 2.03. The standard InChI is InChI=1S/C18H18N2O2/c19-17(18(21)22)14(10-12-6-2-1-3-7-12)15-11-20-16-9-5-4-8-13(15)16/h1-9,11,14,17,20H,10,19H2,(H,21,22). The molecule has 4 nitrogen and oxygen atoms in total. The van der Waals surface area contributed by atoms with Gasteiger partial charge >= 0.3 is 5.97 Å². The monoisotopic (exact) mass is 294 g/mol. The van der Waals surface area contributed by atoms with Crippen molar-refractivity contribution in [2.45, 2.75) is 18.4 Å². The first-order valence-corrected chi connectivity index (χ1v) is 7.25. The first kappa shape index (κ1) is 14.4. The second-order valence-corrected chi connectivity index (χ2v) is 5.45. The minimum atomic E-state index is -0.980. The fraction of sp³-hybridized carbons (Fsp3) is 0.167. The number of benzene rings is 2. The summed E-state index contributed by atoms with van der Waals surface area (Å²) in [5, 5.41) is 10.4. The Morgan fingerprint density at radius 3 is 2.50 bits per heavy atom. The maximum Gasteiger partial charge on any atom is 0.321 e. The van der Waals surface area contributed by atoms with Crippen LogP contribution in [-0.4, -0.2) is 22.1 Å². The molecule has 2 aromatic carbocycles. The van der Waals surface area contributed by atoms with Crippen LogP contribution in [0.15, 0.2) is 60.8 Å². The van der Waals surface area contributed by atoms with E-state index in [1.807, 2.05) is 60.8 Å². The van der Waals surface area contributed by atoms with E-state index in [0.29, 0.717) is 6.42 Å². The Morgan fingerprint density at radius 2 is 1.77 bits per heavy atom. The highest BCUT2D eigenvalue weighted by atomic mass is 16.4. The number of fused-ring (bicyclic) bond motifs is 1. The smallest absolute Gasteiger partial charge is 0.321 e. The van der Waals surface area contributed by atoms with Gasteiger partial charge in [0.05, 0.1) is 0 Å². The summed E-state index contributed by atoms with van der Waals surface area (Å²) in [6, 6.07) is 16.8. The molecule has 0 aliphatic carbocycles. The van der Waals surface area contributed by atoms with Gasteiger partial charge in [0.1, 0.15) is 6.04 Å². The lowest BCUT2D eigenvalue weighted by atomic mass is 9.86. The number of hydrogen-bond donors (Lipinski definition) is 3. The zero-order valence-corrected chi connectivity index (χ0v) is 12.1. The van der Waals surface area contributed by atoms with Crippen molar-refractivity contribution in [3.05, 3.63) is 71.9 Å². The van der Waals surface area contributed by atoms with Crippen LogP contribution >= 0.6 is 0 Å². The third kappa shape index (κ3) is 2.73. The fourth-order valence-electron chi connectivity index (χ4n) is 2.87. The van der Waals surface area contributed by atoms with Crippen LogP contribution in [0.2, 0.25) is 0 Å². The average molecular weight is 294 g/mol. The summed E-state index contributed by atoms with van der Waals surface area (Å²) in [5.74, 6) is -1.26. The van der Waals surface area contributed by atoms with Crippen molar-refractivity contribution in [2.75, 3.05) is 0 Å². The summed E-state index contributed by atoms with van der Waals surface area (Å²) in [5.41, 5.74) is 9.00. The second kappa shape index (κ2) is 6.03. The third-order valence-electron chi connectivity index (χ3n) is 4.04. The number of carbonyl (C=O) groups is 1. The van der Waals surface area contributed by atoms with Crippen molar-refractivity contribution >= 4 is 16.9 Å². The molecule has 0 aliphatic rings. The zero-order valence-electron chi connectivity index (χ0n) is 12.1. The summed E-state index contributed by atoms with van der Waals surface area (Å²) < 4.78 is 0. The highest BCUT2D eigenvalue weighted by molar-refractivity contribution is 5.85. The normalized spacial score (nSPS) is 13.9.